The van der Waals surface area contributed by atoms with Crippen LogP contribution in [-0.2, 0) is 0 Å². The van der Waals surface area contributed by atoms with Crippen molar-refractivity contribution in [2.45, 2.75) is 51.6 Å². The third-order valence-electron chi connectivity index (χ3n) is 3.71. The van der Waals surface area contributed by atoms with Gasteiger partial charge < -0.3 is 4.90 Å². The summed E-state index contributed by atoms with van der Waals surface area (Å²) < 4.78 is 4.30. The molecule has 3 rings (SSSR count). The Balaban J connectivity index is 1.88. The average molecular weight is 223 g/mol. The fourth-order valence-corrected chi connectivity index (χ4v) is 3.97. The topological polar surface area (TPSA) is 29.0 Å². The Morgan fingerprint density at radius 3 is 2.47 bits per heavy atom. The number of nitrogens with zero attached hydrogens (tertiary/aromatic N) is 3. The highest BCUT2D eigenvalue weighted by Crippen LogP contribution is 2.41. The van der Waals surface area contributed by atoms with E-state index < -0.39 is 0 Å². The molecule has 2 aliphatic rings. The molecule has 2 unspecified atom stereocenters. The highest BCUT2D eigenvalue weighted by molar-refractivity contribution is 7.09. The number of rotatable bonds is 1. The van der Waals surface area contributed by atoms with Gasteiger partial charge in [-0.2, -0.15) is 4.37 Å². The molecule has 2 atom stereocenters. The van der Waals surface area contributed by atoms with Gasteiger partial charge in [-0.3, -0.25) is 0 Å². The standard InChI is InChI=1S/C11H17N3S/c1-7-5-9-3-4-10(6-7)14(9)11-12-8(2)13-15-11/h7,9-10H,3-6H2,1-2H3. The second-order valence-corrected chi connectivity index (χ2v) is 5.72. The van der Waals surface area contributed by atoms with Crippen molar-refractivity contribution in [3.8, 4) is 0 Å². The number of fused-ring (bicyclic) bond motifs is 2. The number of aromatic nitrogens is 2. The van der Waals surface area contributed by atoms with Crippen molar-refractivity contribution in [2.75, 3.05) is 4.90 Å². The Morgan fingerprint density at radius 1 is 1.27 bits per heavy atom. The van der Waals surface area contributed by atoms with E-state index >= 15 is 0 Å². The van der Waals surface area contributed by atoms with Crippen molar-refractivity contribution in [1.29, 1.82) is 0 Å². The molecule has 1 aromatic heterocycles. The lowest BCUT2D eigenvalue weighted by molar-refractivity contribution is 0.363. The second kappa shape index (κ2) is 3.44. The van der Waals surface area contributed by atoms with Crippen LogP contribution in [0.25, 0.3) is 0 Å². The first-order valence-corrected chi connectivity index (χ1v) is 6.60. The number of hydrogen-bond acceptors (Lipinski definition) is 4. The van der Waals surface area contributed by atoms with E-state index in [1.807, 2.05) is 6.92 Å². The minimum atomic E-state index is 0.742. The van der Waals surface area contributed by atoms with Gasteiger partial charge in [0.05, 0.1) is 0 Å². The lowest BCUT2D eigenvalue weighted by Crippen LogP contribution is -2.42. The van der Waals surface area contributed by atoms with E-state index in [4.69, 9.17) is 0 Å². The molecule has 3 nitrogen and oxygen atoms in total. The molecule has 4 heteroatoms. The molecular formula is C11H17N3S. The number of piperidine rings is 1. The van der Waals surface area contributed by atoms with Crippen molar-refractivity contribution < 1.29 is 0 Å². The minimum Gasteiger partial charge on any atom is -0.341 e. The Kier molecular flexibility index (Phi) is 2.20. The summed E-state index contributed by atoms with van der Waals surface area (Å²) in [6.45, 7) is 4.36. The summed E-state index contributed by atoms with van der Waals surface area (Å²) in [5.41, 5.74) is 0. The van der Waals surface area contributed by atoms with Crippen LogP contribution in [0.3, 0.4) is 0 Å². The fraction of sp³-hybridized carbons (Fsp3) is 0.818. The lowest BCUT2D eigenvalue weighted by atomic mass is 9.93. The Labute approximate surface area is 94.7 Å². The molecule has 1 aromatic rings. The maximum atomic E-state index is 4.53. The largest absolute Gasteiger partial charge is 0.341 e. The van der Waals surface area contributed by atoms with Crippen LogP contribution in [0, 0.1) is 12.8 Å². The third kappa shape index (κ3) is 1.55. The van der Waals surface area contributed by atoms with E-state index in [1.54, 1.807) is 11.5 Å². The molecule has 15 heavy (non-hydrogen) atoms. The molecule has 2 fully saturated rings. The van der Waals surface area contributed by atoms with Gasteiger partial charge in [-0.05, 0) is 38.5 Å². The van der Waals surface area contributed by atoms with E-state index in [0.717, 1.165) is 29.0 Å². The first-order chi connectivity index (χ1) is 7.24. The maximum Gasteiger partial charge on any atom is 0.205 e. The van der Waals surface area contributed by atoms with Crippen molar-refractivity contribution in [3.63, 3.8) is 0 Å². The molecule has 0 amide bonds. The summed E-state index contributed by atoms with van der Waals surface area (Å²) in [7, 11) is 0. The number of hydrogen-bond donors (Lipinski definition) is 0. The van der Waals surface area contributed by atoms with Crippen LogP contribution in [0.5, 0.6) is 0 Å². The smallest absolute Gasteiger partial charge is 0.205 e. The van der Waals surface area contributed by atoms with Gasteiger partial charge in [0, 0.05) is 23.6 Å². The van der Waals surface area contributed by atoms with Crippen LogP contribution in [0.15, 0.2) is 0 Å². The molecule has 2 bridgehead atoms. The Morgan fingerprint density at radius 2 is 1.93 bits per heavy atom. The van der Waals surface area contributed by atoms with Crippen LogP contribution in [-0.4, -0.2) is 21.4 Å². The van der Waals surface area contributed by atoms with E-state index in [1.165, 1.54) is 25.7 Å². The first-order valence-electron chi connectivity index (χ1n) is 5.82. The first kappa shape index (κ1) is 9.58. The fourth-order valence-electron chi connectivity index (χ4n) is 3.15. The monoisotopic (exact) mass is 223 g/mol. The molecule has 0 radical (unpaired) electrons. The Bertz CT molecular complexity index is 348. The van der Waals surface area contributed by atoms with Crippen molar-refractivity contribution >= 4 is 16.7 Å². The van der Waals surface area contributed by atoms with Gasteiger partial charge in [-0.25, -0.2) is 4.98 Å². The molecule has 0 N–H and O–H groups in total. The Hall–Kier alpha value is -0.640. The summed E-state index contributed by atoms with van der Waals surface area (Å²) >= 11 is 1.57. The van der Waals surface area contributed by atoms with Gasteiger partial charge in [-0.1, -0.05) is 6.92 Å². The zero-order valence-corrected chi connectivity index (χ0v) is 10.1. The summed E-state index contributed by atoms with van der Waals surface area (Å²) in [5.74, 6) is 1.82. The number of anilines is 1. The van der Waals surface area contributed by atoms with Gasteiger partial charge in [0.1, 0.15) is 5.82 Å². The second-order valence-electron chi connectivity index (χ2n) is 4.99. The highest BCUT2D eigenvalue weighted by Gasteiger charge is 2.40. The predicted octanol–water partition coefficient (Wildman–Crippen LogP) is 2.61. The maximum absolute atomic E-state index is 4.53. The van der Waals surface area contributed by atoms with E-state index in [-0.39, 0.29) is 0 Å². The molecule has 0 aliphatic carbocycles. The van der Waals surface area contributed by atoms with Gasteiger partial charge in [0.2, 0.25) is 5.13 Å². The van der Waals surface area contributed by atoms with Crippen LogP contribution in [0.1, 0.15) is 38.4 Å². The predicted molar refractivity (Wildman–Crippen MR) is 62.3 cm³/mol. The van der Waals surface area contributed by atoms with E-state index in [0.29, 0.717) is 0 Å². The van der Waals surface area contributed by atoms with Gasteiger partial charge in [0.15, 0.2) is 0 Å². The van der Waals surface area contributed by atoms with Gasteiger partial charge in [-0.15, -0.1) is 0 Å². The van der Waals surface area contributed by atoms with Gasteiger partial charge in [0.25, 0.3) is 0 Å². The molecule has 0 saturated carbocycles. The molecule has 3 heterocycles. The summed E-state index contributed by atoms with van der Waals surface area (Å²) in [6.07, 6.45) is 5.39. The zero-order valence-electron chi connectivity index (χ0n) is 9.31. The zero-order chi connectivity index (χ0) is 10.4. The summed E-state index contributed by atoms with van der Waals surface area (Å²) in [4.78, 5) is 7.08. The quantitative estimate of drug-likeness (QED) is 0.733. The third-order valence-corrected chi connectivity index (χ3v) is 4.53. The normalized spacial score (nSPS) is 34.8. The van der Waals surface area contributed by atoms with E-state index in [2.05, 4.69) is 21.2 Å². The number of aryl methyl sites for hydroxylation is 1. The van der Waals surface area contributed by atoms with Crippen LogP contribution in [0.4, 0.5) is 5.13 Å². The SMILES string of the molecule is Cc1nsc(N2C3CCC2CC(C)C3)n1. The van der Waals surface area contributed by atoms with Crippen LogP contribution < -0.4 is 4.90 Å². The summed E-state index contributed by atoms with van der Waals surface area (Å²) in [6, 6.07) is 1.48. The molecule has 82 valence electrons. The van der Waals surface area contributed by atoms with Crippen LogP contribution >= 0.6 is 11.5 Å². The lowest BCUT2D eigenvalue weighted by Gasteiger charge is -2.37. The molecule has 2 aliphatic heterocycles. The molecule has 0 aromatic carbocycles. The van der Waals surface area contributed by atoms with Crippen LogP contribution in [0.2, 0.25) is 0 Å². The van der Waals surface area contributed by atoms with Crippen molar-refractivity contribution in [1.82, 2.24) is 9.36 Å². The molecular weight excluding hydrogens is 206 g/mol. The average Bonchev–Trinajstić information content (AvgIpc) is 2.69. The highest BCUT2D eigenvalue weighted by atomic mass is 32.1. The molecule has 0 spiro atoms. The van der Waals surface area contributed by atoms with Crippen molar-refractivity contribution in [3.05, 3.63) is 5.82 Å². The van der Waals surface area contributed by atoms with Gasteiger partial charge >= 0.3 is 0 Å². The van der Waals surface area contributed by atoms with E-state index in [9.17, 15) is 0 Å². The molecule has 2 saturated heterocycles. The summed E-state index contributed by atoms with van der Waals surface area (Å²) in [5, 5.41) is 1.16. The van der Waals surface area contributed by atoms with Crippen molar-refractivity contribution in [2.24, 2.45) is 5.92 Å². The minimum absolute atomic E-state index is 0.742.